The first-order chi connectivity index (χ1) is 13.4. The highest BCUT2D eigenvalue weighted by atomic mass is 32.2. The standard InChI is InChI=1S/C15H16F2N8O2S/c1-2-28(26,27)20-8-13(11-4-3-10(16)5-12(11)17)21-15-18-6-9(7-19-15)14-22-24-25-23-14/h3-7,13,20H,2,8H2,1H3,(H,18,19,21)(H,22,23,24,25). The number of aromatic amines is 1. The smallest absolute Gasteiger partial charge is 0.223 e. The van der Waals surface area contributed by atoms with Crippen LogP contribution >= 0.6 is 0 Å². The number of hydrogen-bond acceptors (Lipinski definition) is 8. The van der Waals surface area contributed by atoms with E-state index < -0.39 is 27.7 Å². The predicted molar refractivity (Wildman–Crippen MR) is 95.4 cm³/mol. The Labute approximate surface area is 158 Å². The number of anilines is 1. The van der Waals surface area contributed by atoms with Gasteiger partial charge in [-0.2, -0.15) is 5.21 Å². The Hall–Kier alpha value is -3.06. The molecule has 0 aliphatic heterocycles. The lowest BCUT2D eigenvalue weighted by molar-refractivity contribution is 0.550. The molecule has 2 aromatic heterocycles. The second-order valence-electron chi connectivity index (χ2n) is 5.65. The van der Waals surface area contributed by atoms with E-state index in [9.17, 15) is 17.2 Å². The predicted octanol–water partition coefficient (Wildman–Crippen LogP) is 1.03. The zero-order valence-electron chi connectivity index (χ0n) is 14.6. The lowest BCUT2D eigenvalue weighted by Crippen LogP contribution is -2.33. The Morgan fingerprint density at radius 1 is 1.21 bits per heavy atom. The molecule has 1 aromatic carbocycles. The zero-order valence-corrected chi connectivity index (χ0v) is 15.4. The van der Waals surface area contributed by atoms with E-state index in [2.05, 4.69) is 40.6 Å². The lowest BCUT2D eigenvalue weighted by Gasteiger charge is -2.20. The van der Waals surface area contributed by atoms with Crippen LogP contribution in [0.1, 0.15) is 18.5 Å². The van der Waals surface area contributed by atoms with E-state index in [-0.39, 0.29) is 23.8 Å². The van der Waals surface area contributed by atoms with E-state index in [1.165, 1.54) is 25.4 Å². The van der Waals surface area contributed by atoms with Crippen LogP contribution in [0.2, 0.25) is 0 Å². The molecule has 10 nitrogen and oxygen atoms in total. The second-order valence-corrected chi connectivity index (χ2v) is 7.74. The van der Waals surface area contributed by atoms with E-state index in [0.29, 0.717) is 11.4 Å². The Morgan fingerprint density at radius 3 is 2.57 bits per heavy atom. The molecule has 0 fully saturated rings. The molecule has 0 aliphatic carbocycles. The van der Waals surface area contributed by atoms with Crippen molar-refractivity contribution in [2.24, 2.45) is 0 Å². The number of nitrogens with one attached hydrogen (secondary N) is 3. The number of hydrogen-bond donors (Lipinski definition) is 3. The fourth-order valence-corrected chi connectivity index (χ4v) is 2.92. The summed E-state index contributed by atoms with van der Waals surface area (Å²) in [5.74, 6) is -1.30. The van der Waals surface area contributed by atoms with Crippen molar-refractivity contribution >= 4 is 16.0 Å². The minimum atomic E-state index is -3.53. The van der Waals surface area contributed by atoms with Crippen molar-refractivity contribution in [3.05, 3.63) is 47.8 Å². The molecule has 0 aliphatic rings. The molecule has 0 amide bonds. The first-order valence-corrected chi connectivity index (χ1v) is 9.78. The number of halogens is 2. The number of aromatic nitrogens is 6. The van der Waals surface area contributed by atoms with Gasteiger partial charge >= 0.3 is 0 Å². The molecule has 2 heterocycles. The molecule has 1 unspecified atom stereocenters. The highest BCUT2D eigenvalue weighted by Crippen LogP contribution is 2.22. The number of rotatable bonds is 8. The van der Waals surface area contributed by atoms with Crippen molar-refractivity contribution in [1.82, 2.24) is 35.3 Å². The molecular weight excluding hydrogens is 394 g/mol. The van der Waals surface area contributed by atoms with Gasteiger partial charge in [0, 0.05) is 30.6 Å². The summed E-state index contributed by atoms with van der Waals surface area (Å²) >= 11 is 0. The maximum Gasteiger partial charge on any atom is 0.223 e. The average Bonchev–Trinajstić information content (AvgIpc) is 3.21. The van der Waals surface area contributed by atoms with Crippen molar-refractivity contribution in [2.75, 3.05) is 17.6 Å². The van der Waals surface area contributed by atoms with Crippen molar-refractivity contribution in [3.63, 3.8) is 0 Å². The summed E-state index contributed by atoms with van der Waals surface area (Å²) in [6.07, 6.45) is 2.85. The van der Waals surface area contributed by atoms with Gasteiger partial charge in [0.1, 0.15) is 11.6 Å². The maximum atomic E-state index is 14.2. The maximum absolute atomic E-state index is 14.2. The van der Waals surface area contributed by atoms with E-state index >= 15 is 0 Å². The Bertz CT molecular complexity index is 1030. The molecule has 3 rings (SSSR count). The van der Waals surface area contributed by atoms with Crippen molar-refractivity contribution < 1.29 is 17.2 Å². The third kappa shape index (κ3) is 4.80. The van der Waals surface area contributed by atoms with Gasteiger partial charge in [0.25, 0.3) is 0 Å². The fraction of sp³-hybridized carbons (Fsp3) is 0.267. The summed E-state index contributed by atoms with van der Waals surface area (Å²) in [4.78, 5) is 8.19. The lowest BCUT2D eigenvalue weighted by atomic mass is 10.1. The van der Waals surface area contributed by atoms with Gasteiger partial charge in [-0.05, 0) is 18.2 Å². The first-order valence-electron chi connectivity index (χ1n) is 8.12. The largest absolute Gasteiger partial charge is 0.346 e. The highest BCUT2D eigenvalue weighted by Gasteiger charge is 2.20. The Morgan fingerprint density at radius 2 is 1.96 bits per heavy atom. The summed E-state index contributed by atoms with van der Waals surface area (Å²) in [5, 5.41) is 16.2. The second kappa shape index (κ2) is 8.31. The van der Waals surface area contributed by atoms with Gasteiger partial charge in [-0.1, -0.05) is 6.07 Å². The molecule has 28 heavy (non-hydrogen) atoms. The number of H-pyrrole nitrogens is 1. The van der Waals surface area contributed by atoms with Crippen LogP contribution in [0, 0.1) is 11.6 Å². The van der Waals surface area contributed by atoms with Gasteiger partial charge in [0.2, 0.25) is 21.8 Å². The van der Waals surface area contributed by atoms with Crippen molar-refractivity contribution in [3.8, 4) is 11.4 Å². The third-order valence-corrected chi connectivity index (χ3v) is 5.15. The minimum absolute atomic E-state index is 0.0612. The van der Waals surface area contributed by atoms with Crippen LogP contribution in [0.3, 0.4) is 0 Å². The molecule has 0 bridgehead atoms. The van der Waals surface area contributed by atoms with Crippen LogP contribution in [0.15, 0.2) is 30.6 Å². The number of nitrogens with zero attached hydrogens (tertiary/aromatic N) is 5. The quantitative estimate of drug-likeness (QED) is 0.500. The number of tetrazole rings is 1. The zero-order chi connectivity index (χ0) is 20.1. The molecule has 0 saturated carbocycles. The van der Waals surface area contributed by atoms with Crippen LogP contribution in [0.25, 0.3) is 11.4 Å². The van der Waals surface area contributed by atoms with Gasteiger partial charge in [0.05, 0.1) is 17.4 Å². The first kappa shape index (κ1) is 19.7. The Kier molecular flexibility index (Phi) is 5.84. The molecular formula is C15H16F2N8O2S. The summed E-state index contributed by atoms with van der Waals surface area (Å²) in [6, 6.07) is 2.16. The van der Waals surface area contributed by atoms with E-state index in [0.717, 1.165) is 12.1 Å². The van der Waals surface area contributed by atoms with Crippen LogP contribution in [0.5, 0.6) is 0 Å². The minimum Gasteiger partial charge on any atom is -0.346 e. The van der Waals surface area contributed by atoms with Gasteiger partial charge < -0.3 is 5.32 Å². The topological polar surface area (TPSA) is 138 Å². The summed E-state index contributed by atoms with van der Waals surface area (Å²) in [6.45, 7) is 1.29. The normalized spacial score (nSPS) is 12.7. The summed E-state index contributed by atoms with van der Waals surface area (Å²) < 4.78 is 53.3. The molecule has 148 valence electrons. The van der Waals surface area contributed by atoms with Gasteiger partial charge in [-0.3, -0.25) is 0 Å². The van der Waals surface area contributed by atoms with E-state index in [4.69, 9.17) is 0 Å². The average molecular weight is 410 g/mol. The monoisotopic (exact) mass is 410 g/mol. The van der Waals surface area contributed by atoms with Crippen LogP contribution in [0.4, 0.5) is 14.7 Å². The molecule has 1 atom stereocenters. The van der Waals surface area contributed by atoms with Crippen LogP contribution in [-0.2, 0) is 10.0 Å². The van der Waals surface area contributed by atoms with Gasteiger partial charge in [-0.25, -0.2) is 31.9 Å². The molecule has 0 radical (unpaired) electrons. The number of sulfonamides is 1. The number of benzene rings is 1. The van der Waals surface area contributed by atoms with E-state index in [1.54, 1.807) is 0 Å². The van der Waals surface area contributed by atoms with Gasteiger partial charge in [-0.15, -0.1) is 10.2 Å². The van der Waals surface area contributed by atoms with Gasteiger partial charge in [0.15, 0.2) is 0 Å². The highest BCUT2D eigenvalue weighted by molar-refractivity contribution is 7.89. The van der Waals surface area contributed by atoms with Crippen molar-refractivity contribution in [1.29, 1.82) is 0 Å². The molecule has 3 aromatic rings. The van der Waals surface area contributed by atoms with Crippen molar-refractivity contribution in [2.45, 2.75) is 13.0 Å². The Balaban J connectivity index is 1.83. The molecule has 0 saturated heterocycles. The summed E-state index contributed by atoms with van der Waals surface area (Å²) in [7, 11) is -3.53. The van der Waals surface area contributed by atoms with E-state index in [1.807, 2.05) is 0 Å². The molecule has 0 spiro atoms. The summed E-state index contributed by atoms with van der Waals surface area (Å²) in [5.41, 5.74) is 0.557. The third-order valence-electron chi connectivity index (χ3n) is 3.78. The molecule has 13 heteroatoms. The fourth-order valence-electron chi connectivity index (χ4n) is 2.29. The van der Waals surface area contributed by atoms with Crippen LogP contribution in [-0.4, -0.2) is 51.3 Å². The van der Waals surface area contributed by atoms with Crippen LogP contribution < -0.4 is 10.0 Å². The molecule has 3 N–H and O–H groups in total. The SMILES string of the molecule is CCS(=O)(=O)NCC(Nc1ncc(-c2nn[nH]n2)cn1)c1ccc(F)cc1F.